The molecule has 2 aliphatic carbocycles. The summed E-state index contributed by atoms with van der Waals surface area (Å²) in [7, 11) is 0. The normalized spacial score (nSPS) is 25.0. The van der Waals surface area contributed by atoms with Crippen molar-refractivity contribution >= 4 is 5.97 Å². The van der Waals surface area contributed by atoms with Gasteiger partial charge in [0.25, 0.3) is 0 Å². The van der Waals surface area contributed by atoms with Gasteiger partial charge in [-0.2, -0.15) is 0 Å². The van der Waals surface area contributed by atoms with E-state index in [0.717, 1.165) is 29.5 Å². The standard InChI is InChI=1S/C26H36O4/c1-18-14-15-21(20-11-7-6-8-12-20)26(28,16-18)22-13-9-10-19(2)24(22)29-17-23(27)30-25(3,4)5/h9-10,13-16,20-21,28H,6-8,11-12,17H2,1-5H3. The van der Waals surface area contributed by atoms with Gasteiger partial charge in [-0.25, -0.2) is 4.79 Å². The SMILES string of the molecule is CC1=CC(O)(c2cccc(C)c2OCC(=O)OC(C)(C)C)C(C2CCCCC2)C=C1. The van der Waals surface area contributed by atoms with Gasteiger partial charge in [-0.05, 0) is 65.0 Å². The summed E-state index contributed by atoms with van der Waals surface area (Å²) < 4.78 is 11.4. The van der Waals surface area contributed by atoms with E-state index in [0.29, 0.717) is 11.7 Å². The summed E-state index contributed by atoms with van der Waals surface area (Å²) in [5, 5.41) is 12.1. The maximum atomic E-state index is 12.2. The second-order valence-corrected chi connectivity index (χ2v) is 9.82. The molecule has 3 rings (SSSR count). The Hall–Kier alpha value is -2.07. The summed E-state index contributed by atoms with van der Waals surface area (Å²) in [6.07, 6.45) is 12.2. The van der Waals surface area contributed by atoms with E-state index in [9.17, 15) is 9.90 Å². The van der Waals surface area contributed by atoms with Crippen molar-refractivity contribution in [1.29, 1.82) is 0 Å². The molecule has 30 heavy (non-hydrogen) atoms. The van der Waals surface area contributed by atoms with Crippen molar-refractivity contribution < 1.29 is 19.4 Å². The zero-order chi connectivity index (χ0) is 21.9. The summed E-state index contributed by atoms with van der Waals surface area (Å²) in [5.41, 5.74) is 0.936. The van der Waals surface area contributed by atoms with Crippen LogP contribution < -0.4 is 4.74 Å². The third kappa shape index (κ3) is 5.15. The Morgan fingerprint density at radius 2 is 1.87 bits per heavy atom. The fourth-order valence-electron chi connectivity index (χ4n) is 4.82. The van der Waals surface area contributed by atoms with Gasteiger partial charge in [0.15, 0.2) is 6.61 Å². The Bertz CT molecular complexity index is 824. The van der Waals surface area contributed by atoms with Gasteiger partial charge in [-0.1, -0.05) is 55.2 Å². The minimum atomic E-state index is -1.16. The largest absolute Gasteiger partial charge is 0.481 e. The molecule has 0 aliphatic heterocycles. The van der Waals surface area contributed by atoms with Gasteiger partial charge in [0.05, 0.1) is 0 Å². The van der Waals surface area contributed by atoms with Crippen LogP contribution in [-0.2, 0) is 15.1 Å². The smallest absolute Gasteiger partial charge is 0.344 e. The van der Waals surface area contributed by atoms with Crippen LogP contribution in [-0.4, -0.2) is 23.3 Å². The molecular formula is C26H36O4. The van der Waals surface area contributed by atoms with Crippen LogP contribution in [0, 0.1) is 18.8 Å². The van der Waals surface area contributed by atoms with Gasteiger partial charge in [-0.3, -0.25) is 0 Å². The molecule has 2 unspecified atom stereocenters. The van der Waals surface area contributed by atoms with Crippen LogP contribution in [0.2, 0.25) is 0 Å². The lowest BCUT2D eigenvalue weighted by Gasteiger charge is -2.42. The fourth-order valence-corrected chi connectivity index (χ4v) is 4.82. The number of hydrogen-bond donors (Lipinski definition) is 1. The second-order valence-electron chi connectivity index (χ2n) is 9.82. The minimum absolute atomic E-state index is 0.00724. The van der Waals surface area contributed by atoms with Crippen LogP contribution in [0.5, 0.6) is 5.75 Å². The van der Waals surface area contributed by atoms with Crippen LogP contribution in [0.4, 0.5) is 0 Å². The fraction of sp³-hybridized carbons (Fsp3) is 0.577. The number of benzene rings is 1. The van der Waals surface area contributed by atoms with Crippen molar-refractivity contribution in [3.05, 3.63) is 53.1 Å². The lowest BCUT2D eigenvalue weighted by molar-refractivity contribution is -0.157. The summed E-state index contributed by atoms with van der Waals surface area (Å²) >= 11 is 0. The topological polar surface area (TPSA) is 55.8 Å². The van der Waals surface area contributed by atoms with Crippen molar-refractivity contribution in [1.82, 2.24) is 0 Å². The zero-order valence-corrected chi connectivity index (χ0v) is 19.0. The highest BCUT2D eigenvalue weighted by molar-refractivity contribution is 5.71. The molecule has 4 nitrogen and oxygen atoms in total. The number of ether oxygens (including phenoxy) is 2. The minimum Gasteiger partial charge on any atom is -0.481 e. The molecule has 0 aromatic heterocycles. The molecule has 0 bridgehead atoms. The second kappa shape index (κ2) is 8.97. The van der Waals surface area contributed by atoms with E-state index in [1.807, 2.05) is 58.9 Å². The number of aliphatic hydroxyl groups is 1. The maximum absolute atomic E-state index is 12.2. The molecule has 1 fully saturated rings. The summed E-state index contributed by atoms with van der Waals surface area (Å²) in [6, 6.07) is 5.82. The molecule has 164 valence electrons. The molecule has 1 aromatic carbocycles. The van der Waals surface area contributed by atoms with Crippen molar-refractivity contribution in [3.63, 3.8) is 0 Å². The Kier molecular flexibility index (Phi) is 6.76. The molecule has 0 radical (unpaired) electrons. The molecular weight excluding hydrogens is 376 g/mol. The molecule has 0 spiro atoms. The number of para-hydroxylation sites is 1. The molecule has 2 aliphatic rings. The Morgan fingerprint density at radius 1 is 1.17 bits per heavy atom. The first kappa shape index (κ1) is 22.6. The highest BCUT2D eigenvalue weighted by atomic mass is 16.6. The zero-order valence-electron chi connectivity index (χ0n) is 19.0. The van der Waals surface area contributed by atoms with Crippen molar-refractivity contribution in [3.8, 4) is 5.75 Å². The van der Waals surface area contributed by atoms with Gasteiger partial charge < -0.3 is 14.6 Å². The van der Waals surface area contributed by atoms with Gasteiger partial charge in [0.1, 0.15) is 17.0 Å². The predicted molar refractivity (Wildman–Crippen MR) is 119 cm³/mol. The highest BCUT2D eigenvalue weighted by Crippen LogP contribution is 2.48. The lowest BCUT2D eigenvalue weighted by Crippen LogP contribution is -2.40. The molecule has 4 heteroatoms. The van der Waals surface area contributed by atoms with Crippen LogP contribution >= 0.6 is 0 Å². The number of allylic oxidation sites excluding steroid dienone is 2. The number of carbonyl (C=O) groups excluding carboxylic acids is 1. The summed E-state index contributed by atoms with van der Waals surface area (Å²) in [5.74, 6) is 0.588. The van der Waals surface area contributed by atoms with Crippen LogP contribution in [0.3, 0.4) is 0 Å². The van der Waals surface area contributed by atoms with E-state index in [-0.39, 0.29) is 12.5 Å². The Balaban J connectivity index is 1.93. The molecule has 1 saturated carbocycles. The van der Waals surface area contributed by atoms with E-state index >= 15 is 0 Å². The lowest BCUT2D eigenvalue weighted by atomic mass is 9.66. The van der Waals surface area contributed by atoms with Gasteiger partial charge in [0, 0.05) is 11.5 Å². The number of rotatable bonds is 5. The summed E-state index contributed by atoms with van der Waals surface area (Å²) in [4.78, 5) is 12.2. The average molecular weight is 413 g/mol. The molecule has 2 atom stereocenters. The number of esters is 1. The molecule has 1 aromatic rings. The number of carbonyl (C=O) groups is 1. The Labute approximate surface area is 181 Å². The predicted octanol–water partition coefficient (Wildman–Crippen LogP) is 5.62. The van der Waals surface area contributed by atoms with Crippen LogP contribution in [0.1, 0.15) is 70.9 Å². The third-order valence-corrected chi connectivity index (χ3v) is 6.08. The monoisotopic (exact) mass is 412 g/mol. The van der Waals surface area contributed by atoms with E-state index in [1.165, 1.54) is 19.3 Å². The Morgan fingerprint density at radius 3 is 2.53 bits per heavy atom. The summed E-state index contributed by atoms with van der Waals surface area (Å²) in [6.45, 7) is 9.28. The third-order valence-electron chi connectivity index (χ3n) is 6.08. The van der Waals surface area contributed by atoms with E-state index in [1.54, 1.807) is 0 Å². The van der Waals surface area contributed by atoms with Gasteiger partial charge in [0.2, 0.25) is 0 Å². The molecule has 0 saturated heterocycles. The van der Waals surface area contributed by atoms with Crippen LogP contribution in [0.25, 0.3) is 0 Å². The molecule has 0 amide bonds. The highest BCUT2D eigenvalue weighted by Gasteiger charge is 2.43. The quantitative estimate of drug-likeness (QED) is 0.638. The number of aryl methyl sites for hydroxylation is 1. The van der Waals surface area contributed by atoms with Crippen molar-refractivity contribution in [2.75, 3.05) is 6.61 Å². The maximum Gasteiger partial charge on any atom is 0.344 e. The molecule has 1 N–H and O–H groups in total. The van der Waals surface area contributed by atoms with Crippen LogP contribution in [0.15, 0.2) is 42.0 Å². The first-order valence-electron chi connectivity index (χ1n) is 11.1. The van der Waals surface area contributed by atoms with Gasteiger partial charge in [-0.15, -0.1) is 0 Å². The van der Waals surface area contributed by atoms with Gasteiger partial charge >= 0.3 is 5.97 Å². The average Bonchev–Trinajstić information content (AvgIpc) is 2.66. The van der Waals surface area contributed by atoms with E-state index in [2.05, 4.69) is 12.2 Å². The molecule has 0 heterocycles. The van der Waals surface area contributed by atoms with E-state index < -0.39 is 17.2 Å². The first-order chi connectivity index (χ1) is 14.1. The number of hydrogen-bond acceptors (Lipinski definition) is 4. The van der Waals surface area contributed by atoms with Crippen molar-refractivity contribution in [2.24, 2.45) is 11.8 Å². The first-order valence-corrected chi connectivity index (χ1v) is 11.1. The van der Waals surface area contributed by atoms with Crippen molar-refractivity contribution in [2.45, 2.75) is 77.9 Å². The van der Waals surface area contributed by atoms with E-state index in [4.69, 9.17) is 9.47 Å².